The van der Waals surface area contributed by atoms with Gasteiger partial charge in [-0.05, 0) is 43.4 Å². The van der Waals surface area contributed by atoms with E-state index in [9.17, 15) is 4.79 Å². The summed E-state index contributed by atoms with van der Waals surface area (Å²) in [5, 5.41) is 3.49. The fraction of sp³-hybridized carbons (Fsp3) is 0.312. The van der Waals surface area contributed by atoms with E-state index in [1.165, 1.54) is 0 Å². The molecule has 0 aliphatic rings. The topological polar surface area (TPSA) is 71.5 Å². The van der Waals surface area contributed by atoms with Crippen LogP contribution in [0.3, 0.4) is 0 Å². The number of nitrogens with zero attached hydrogens (tertiary/aromatic N) is 1. The Balaban J connectivity index is 1.90. The van der Waals surface area contributed by atoms with Gasteiger partial charge in [0.1, 0.15) is 5.76 Å². The Kier molecular flexibility index (Phi) is 6.00. The van der Waals surface area contributed by atoms with Crippen molar-refractivity contribution >= 4 is 17.5 Å². The molecule has 1 aromatic carbocycles. The largest absolute Gasteiger partial charge is 0.451 e. The molecule has 0 aliphatic heterocycles. The van der Waals surface area contributed by atoms with Crippen LogP contribution < -0.4 is 11.1 Å². The summed E-state index contributed by atoms with van der Waals surface area (Å²) in [7, 11) is 1.96. The van der Waals surface area contributed by atoms with Gasteiger partial charge in [-0.1, -0.05) is 11.6 Å². The van der Waals surface area contributed by atoms with Crippen molar-refractivity contribution in [3.63, 3.8) is 0 Å². The number of carbonyl (C=O) groups is 1. The van der Waals surface area contributed by atoms with Gasteiger partial charge >= 0.3 is 0 Å². The van der Waals surface area contributed by atoms with Gasteiger partial charge in [0.25, 0.3) is 5.91 Å². The summed E-state index contributed by atoms with van der Waals surface area (Å²) in [6.07, 6.45) is 0. The van der Waals surface area contributed by atoms with Crippen molar-refractivity contribution in [3.05, 3.63) is 47.2 Å². The second kappa shape index (κ2) is 7.98. The van der Waals surface area contributed by atoms with Crippen molar-refractivity contribution in [3.8, 4) is 11.3 Å². The summed E-state index contributed by atoms with van der Waals surface area (Å²) < 4.78 is 5.59. The number of benzene rings is 1. The number of rotatable bonds is 7. The minimum Gasteiger partial charge on any atom is -0.451 e. The zero-order valence-corrected chi connectivity index (χ0v) is 13.3. The molecular formula is C16H20ClN3O2. The Bertz CT molecular complexity index is 610. The molecule has 2 rings (SSSR count). The Morgan fingerprint density at radius 3 is 2.64 bits per heavy atom. The van der Waals surface area contributed by atoms with Crippen molar-refractivity contribution < 1.29 is 9.21 Å². The molecule has 0 radical (unpaired) electrons. The Hall–Kier alpha value is -1.82. The molecule has 0 spiro atoms. The van der Waals surface area contributed by atoms with Gasteiger partial charge in [-0.15, -0.1) is 0 Å². The van der Waals surface area contributed by atoms with Crippen LogP contribution in [0.5, 0.6) is 0 Å². The zero-order valence-electron chi connectivity index (χ0n) is 12.5. The first-order chi connectivity index (χ1) is 10.6. The first-order valence-corrected chi connectivity index (χ1v) is 7.50. The second-order valence-corrected chi connectivity index (χ2v) is 5.46. The fourth-order valence-corrected chi connectivity index (χ4v) is 2.13. The van der Waals surface area contributed by atoms with Crippen LogP contribution in [0.4, 0.5) is 0 Å². The first kappa shape index (κ1) is 16.5. The summed E-state index contributed by atoms with van der Waals surface area (Å²) in [6.45, 7) is 2.70. The van der Waals surface area contributed by atoms with E-state index in [1.807, 2.05) is 19.2 Å². The van der Waals surface area contributed by atoms with Crippen molar-refractivity contribution in [2.24, 2.45) is 5.73 Å². The standard InChI is InChI=1S/C16H20ClN3O2/c1-20(10-8-18)11-9-19-16(21)15-7-6-14(22-15)12-2-4-13(17)5-3-12/h2-7H,8-11,18H2,1H3,(H,19,21). The fourth-order valence-electron chi connectivity index (χ4n) is 2.01. The molecule has 0 atom stereocenters. The highest BCUT2D eigenvalue weighted by atomic mass is 35.5. The van der Waals surface area contributed by atoms with E-state index in [2.05, 4.69) is 10.2 Å². The Morgan fingerprint density at radius 1 is 1.23 bits per heavy atom. The molecule has 0 saturated carbocycles. The molecule has 1 amide bonds. The van der Waals surface area contributed by atoms with E-state index in [0.717, 1.165) is 18.7 Å². The molecule has 22 heavy (non-hydrogen) atoms. The van der Waals surface area contributed by atoms with Crippen molar-refractivity contribution in [1.82, 2.24) is 10.2 Å². The summed E-state index contributed by atoms with van der Waals surface area (Å²) in [4.78, 5) is 14.1. The highest BCUT2D eigenvalue weighted by molar-refractivity contribution is 6.30. The van der Waals surface area contributed by atoms with E-state index in [1.54, 1.807) is 24.3 Å². The van der Waals surface area contributed by atoms with Gasteiger partial charge in [-0.2, -0.15) is 0 Å². The monoisotopic (exact) mass is 321 g/mol. The van der Waals surface area contributed by atoms with Crippen LogP contribution in [0.1, 0.15) is 10.6 Å². The minimum absolute atomic E-state index is 0.221. The average molecular weight is 322 g/mol. The Morgan fingerprint density at radius 2 is 1.95 bits per heavy atom. The minimum atomic E-state index is -0.221. The van der Waals surface area contributed by atoms with Gasteiger partial charge < -0.3 is 20.4 Å². The number of amides is 1. The van der Waals surface area contributed by atoms with Gasteiger partial charge in [0.15, 0.2) is 5.76 Å². The van der Waals surface area contributed by atoms with E-state index >= 15 is 0 Å². The maximum absolute atomic E-state index is 12.0. The lowest BCUT2D eigenvalue weighted by Crippen LogP contribution is -2.35. The number of hydrogen-bond acceptors (Lipinski definition) is 4. The molecular weight excluding hydrogens is 302 g/mol. The highest BCUT2D eigenvalue weighted by Gasteiger charge is 2.12. The van der Waals surface area contributed by atoms with Gasteiger partial charge in [0.05, 0.1) is 0 Å². The predicted molar refractivity (Wildman–Crippen MR) is 88.0 cm³/mol. The number of nitrogens with two attached hydrogens (primary N) is 1. The molecule has 1 heterocycles. The van der Waals surface area contributed by atoms with E-state index in [4.69, 9.17) is 21.8 Å². The molecule has 118 valence electrons. The number of halogens is 1. The quantitative estimate of drug-likeness (QED) is 0.820. The van der Waals surface area contributed by atoms with Crippen molar-refractivity contribution in [2.75, 3.05) is 33.2 Å². The predicted octanol–water partition coefficient (Wildman–Crippen LogP) is 2.22. The molecule has 0 bridgehead atoms. The molecule has 6 heteroatoms. The third-order valence-corrected chi connectivity index (χ3v) is 3.50. The third kappa shape index (κ3) is 4.59. The SMILES string of the molecule is CN(CCN)CCNC(=O)c1ccc(-c2ccc(Cl)cc2)o1. The highest BCUT2D eigenvalue weighted by Crippen LogP contribution is 2.23. The maximum Gasteiger partial charge on any atom is 0.287 e. The molecule has 1 aromatic heterocycles. The van der Waals surface area contributed by atoms with E-state index in [0.29, 0.717) is 29.6 Å². The molecule has 0 aliphatic carbocycles. The number of furan rings is 1. The van der Waals surface area contributed by atoms with Crippen LogP contribution in [0.15, 0.2) is 40.8 Å². The van der Waals surface area contributed by atoms with Gasteiger partial charge in [0, 0.05) is 36.8 Å². The first-order valence-electron chi connectivity index (χ1n) is 7.12. The van der Waals surface area contributed by atoms with Crippen LogP contribution >= 0.6 is 11.6 Å². The van der Waals surface area contributed by atoms with Crippen LogP contribution in [0.25, 0.3) is 11.3 Å². The molecule has 0 fully saturated rings. The molecule has 0 unspecified atom stereocenters. The molecule has 2 aromatic rings. The molecule has 0 saturated heterocycles. The third-order valence-electron chi connectivity index (χ3n) is 3.25. The van der Waals surface area contributed by atoms with Gasteiger partial charge in [0.2, 0.25) is 0 Å². The average Bonchev–Trinajstić information content (AvgIpc) is 2.98. The van der Waals surface area contributed by atoms with E-state index < -0.39 is 0 Å². The van der Waals surface area contributed by atoms with Crippen molar-refractivity contribution in [1.29, 1.82) is 0 Å². The lowest BCUT2D eigenvalue weighted by molar-refractivity contribution is 0.0923. The van der Waals surface area contributed by atoms with E-state index in [-0.39, 0.29) is 5.91 Å². The van der Waals surface area contributed by atoms with Gasteiger partial charge in [-0.25, -0.2) is 0 Å². The lowest BCUT2D eigenvalue weighted by Gasteiger charge is -2.14. The summed E-state index contributed by atoms with van der Waals surface area (Å²) in [5.74, 6) is 0.717. The summed E-state index contributed by atoms with van der Waals surface area (Å²) in [6, 6.07) is 10.7. The van der Waals surface area contributed by atoms with Crippen LogP contribution in [-0.4, -0.2) is 44.0 Å². The molecule has 5 nitrogen and oxygen atoms in total. The second-order valence-electron chi connectivity index (χ2n) is 5.02. The zero-order chi connectivity index (χ0) is 15.9. The number of nitrogens with one attached hydrogen (secondary N) is 1. The summed E-state index contributed by atoms with van der Waals surface area (Å²) in [5.41, 5.74) is 6.35. The van der Waals surface area contributed by atoms with Crippen LogP contribution in [0, 0.1) is 0 Å². The number of hydrogen-bond donors (Lipinski definition) is 2. The lowest BCUT2D eigenvalue weighted by atomic mass is 10.2. The number of likely N-dealkylation sites (N-methyl/N-ethyl adjacent to an activating group) is 1. The number of carbonyl (C=O) groups excluding carboxylic acids is 1. The Labute approximate surface area is 135 Å². The normalized spacial score (nSPS) is 10.9. The van der Waals surface area contributed by atoms with Crippen molar-refractivity contribution in [2.45, 2.75) is 0 Å². The van der Waals surface area contributed by atoms with Gasteiger partial charge in [-0.3, -0.25) is 4.79 Å². The summed E-state index contributed by atoms with van der Waals surface area (Å²) >= 11 is 5.85. The maximum atomic E-state index is 12.0. The van der Waals surface area contributed by atoms with Crippen LogP contribution in [-0.2, 0) is 0 Å². The van der Waals surface area contributed by atoms with Crippen LogP contribution in [0.2, 0.25) is 5.02 Å². The molecule has 3 N–H and O–H groups in total. The smallest absolute Gasteiger partial charge is 0.287 e.